The third-order valence-electron chi connectivity index (χ3n) is 5.63. The maximum Gasteiger partial charge on any atom is 0.229 e. The third kappa shape index (κ3) is 2.90. The Bertz CT molecular complexity index is 1160. The molecule has 0 bridgehead atoms. The molecule has 0 N–H and O–H groups in total. The summed E-state index contributed by atoms with van der Waals surface area (Å²) in [5.41, 5.74) is 3.44. The Morgan fingerprint density at radius 3 is 2.52 bits per heavy atom. The van der Waals surface area contributed by atoms with E-state index in [0.717, 1.165) is 22.5 Å². The van der Waals surface area contributed by atoms with E-state index in [0.29, 0.717) is 30.6 Å². The largest absolute Gasteiger partial charge is 0.379 e. The van der Waals surface area contributed by atoms with Gasteiger partial charge in [-0.1, -0.05) is 19.1 Å². The monoisotopic (exact) mass is 408 g/mol. The summed E-state index contributed by atoms with van der Waals surface area (Å²) in [7, 11) is -3.30. The standard InChI is InChI=1S/C21H20N4O3S/c1-2-29(26,27)16-6-7-17-19(9-16)25(12-21(17)13-28-14-21)20-23-10-15(11-24-20)18-5-3-4-8-22-18/h3-11H,2,12-14H2,1H3. The van der Waals surface area contributed by atoms with Crippen LogP contribution in [0.2, 0.25) is 0 Å². The van der Waals surface area contributed by atoms with Crippen LogP contribution in [0.1, 0.15) is 12.5 Å². The Morgan fingerprint density at radius 2 is 1.90 bits per heavy atom. The van der Waals surface area contributed by atoms with Crippen molar-refractivity contribution < 1.29 is 13.2 Å². The minimum atomic E-state index is -3.30. The van der Waals surface area contributed by atoms with Crippen molar-refractivity contribution in [2.45, 2.75) is 17.2 Å². The molecule has 148 valence electrons. The van der Waals surface area contributed by atoms with Crippen molar-refractivity contribution in [2.75, 3.05) is 30.4 Å². The molecule has 1 saturated heterocycles. The highest BCUT2D eigenvalue weighted by molar-refractivity contribution is 7.91. The van der Waals surface area contributed by atoms with Gasteiger partial charge in [-0.05, 0) is 29.8 Å². The molecule has 0 radical (unpaired) electrons. The topological polar surface area (TPSA) is 85.3 Å². The molecule has 4 heterocycles. The predicted octanol–water partition coefficient (Wildman–Crippen LogP) is 2.75. The van der Waals surface area contributed by atoms with Crippen LogP contribution < -0.4 is 4.90 Å². The molecule has 1 spiro atoms. The molecule has 0 unspecified atom stereocenters. The van der Waals surface area contributed by atoms with Gasteiger partial charge < -0.3 is 9.64 Å². The van der Waals surface area contributed by atoms with E-state index >= 15 is 0 Å². The van der Waals surface area contributed by atoms with Crippen LogP contribution in [0, 0.1) is 0 Å². The highest BCUT2D eigenvalue weighted by Crippen LogP contribution is 2.48. The maximum atomic E-state index is 12.4. The minimum absolute atomic E-state index is 0.0648. The second-order valence-corrected chi connectivity index (χ2v) is 9.71. The average molecular weight is 408 g/mol. The first-order chi connectivity index (χ1) is 14.0. The molecule has 1 fully saturated rings. The Morgan fingerprint density at radius 1 is 1.10 bits per heavy atom. The van der Waals surface area contributed by atoms with Gasteiger partial charge in [0.1, 0.15) is 0 Å². The lowest BCUT2D eigenvalue weighted by molar-refractivity contribution is -0.0507. The molecule has 1 aromatic carbocycles. The number of hydrogen-bond acceptors (Lipinski definition) is 7. The first kappa shape index (κ1) is 18.2. The van der Waals surface area contributed by atoms with Crippen LogP contribution in [0.3, 0.4) is 0 Å². The van der Waals surface area contributed by atoms with Gasteiger partial charge in [-0.25, -0.2) is 18.4 Å². The van der Waals surface area contributed by atoms with Crippen molar-refractivity contribution >= 4 is 21.5 Å². The number of rotatable bonds is 4. The summed E-state index contributed by atoms with van der Waals surface area (Å²) >= 11 is 0. The number of anilines is 2. The molecule has 2 aliphatic rings. The van der Waals surface area contributed by atoms with Crippen molar-refractivity contribution in [1.82, 2.24) is 15.0 Å². The molecule has 0 amide bonds. The second kappa shape index (κ2) is 6.60. The van der Waals surface area contributed by atoms with E-state index in [1.165, 1.54) is 0 Å². The zero-order valence-electron chi connectivity index (χ0n) is 15.9. The van der Waals surface area contributed by atoms with E-state index in [9.17, 15) is 8.42 Å². The summed E-state index contributed by atoms with van der Waals surface area (Å²) < 4.78 is 30.3. The molecule has 0 saturated carbocycles. The molecule has 8 heteroatoms. The molecule has 3 aromatic rings. The highest BCUT2D eigenvalue weighted by atomic mass is 32.2. The summed E-state index contributed by atoms with van der Waals surface area (Å²) in [5.74, 6) is 0.607. The lowest BCUT2D eigenvalue weighted by Gasteiger charge is -2.38. The SMILES string of the molecule is CCS(=O)(=O)c1ccc2c(c1)N(c1ncc(-c3ccccn3)cn1)CC21COC1. The Hall–Kier alpha value is -2.84. The van der Waals surface area contributed by atoms with Gasteiger partial charge in [0.25, 0.3) is 0 Å². The molecular formula is C21H20N4O3S. The lowest BCUT2D eigenvalue weighted by atomic mass is 9.81. The van der Waals surface area contributed by atoms with E-state index in [4.69, 9.17) is 4.74 Å². The summed E-state index contributed by atoms with van der Waals surface area (Å²) in [6, 6.07) is 11.1. The fourth-order valence-corrected chi connectivity index (χ4v) is 4.82. The van der Waals surface area contributed by atoms with Crippen molar-refractivity contribution in [3.05, 3.63) is 60.6 Å². The molecule has 0 atom stereocenters. The lowest BCUT2D eigenvalue weighted by Crippen LogP contribution is -2.49. The van der Waals surface area contributed by atoms with Crippen LogP contribution in [0.15, 0.2) is 59.9 Å². The first-order valence-corrected chi connectivity index (χ1v) is 11.1. The maximum absolute atomic E-state index is 12.4. The fourth-order valence-electron chi connectivity index (χ4n) is 3.92. The molecule has 2 aromatic heterocycles. The van der Waals surface area contributed by atoms with Crippen LogP contribution in [-0.2, 0) is 20.0 Å². The van der Waals surface area contributed by atoms with E-state index in [-0.39, 0.29) is 11.2 Å². The zero-order chi connectivity index (χ0) is 20.1. The van der Waals surface area contributed by atoms with Crippen molar-refractivity contribution in [3.8, 4) is 11.3 Å². The quantitative estimate of drug-likeness (QED) is 0.656. The fraction of sp³-hybridized carbons (Fsp3) is 0.286. The first-order valence-electron chi connectivity index (χ1n) is 9.48. The number of nitrogens with zero attached hydrogens (tertiary/aromatic N) is 4. The van der Waals surface area contributed by atoms with E-state index in [1.807, 2.05) is 29.2 Å². The number of fused-ring (bicyclic) bond motifs is 2. The van der Waals surface area contributed by atoms with Gasteiger partial charge in [0.2, 0.25) is 5.95 Å². The van der Waals surface area contributed by atoms with Crippen molar-refractivity contribution in [1.29, 1.82) is 0 Å². The second-order valence-electron chi connectivity index (χ2n) is 7.43. The number of sulfone groups is 1. The Kier molecular flexibility index (Phi) is 4.15. The summed E-state index contributed by atoms with van der Waals surface area (Å²) in [6.07, 6.45) is 5.23. The normalized spacial score (nSPS) is 17.2. The molecule has 0 aliphatic carbocycles. The van der Waals surface area contributed by atoms with Crippen LogP contribution in [-0.4, -0.2) is 48.9 Å². The summed E-state index contributed by atoms with van der Waals surface area (Å²) in [5, 5.41) is 0. The highest BCUT2D eigenvalue weighted by Gasteiger charge is 2.49. The molecular weight excluding hydrogens is 388 g/mol. The Balaban J connectivity index is 1.56. The minimum Gasteiger partial charge on any atom is -0.379 e. The third-order valence-corrected chi connectivity index (χ3v) is 7.36. The van der Waals surface area contributed by atoms with Gasteiger partial charge in [0, 0.05) is 36.4 Å². The van der Waals surface area contributed by atoms with Gasteiger partial charge in [0.15, 0.2) is 9.84 Å². The van der Waals surface area contributed by atoms with Crippen LogP contribution >= 0.6 is 0 Å². The molecule has 5 rings (SSSR count). The van der Waals surface area contributed by atoms with E-state index in [1.54, 1.807) is 37.6 Å². The van der Waals surface area contributed by atoms with Crippen molar-refractivity contribution in [2.24, 2.45) is 0 Å². The van der Waals surface area contributed by atoms with E-state index < -0.39 is 9.84 Å². The van der Waals surface area contributed by atoms with Gasteiger partial charge in [0.05, 0.1) is 35.0 Å². The predicted molar refractivity (Wildman–Crippen MR) is 109 cm³/mol. The number of hydrogen-bond donors (Lipinski definition) is 0. The molecule has 2 aliphatic heterocycles. The Labute approximate surface area is 169 Å². The summed E-state index contributed by atoms with van der Waals surface area (Å²) in [6.45, 7) is 3.55. The van der Waals surface area contributed by atoms with Crippen LogP contribution in [0.25, 0.3) is 11.3 Å². The number of aromatic nitrogens is 3. The number of benzene rings is 1. The van der Waals surface area contributed by atoms with Crippen molar-refractivity contribution in [3.63, 3.8) is 0 Å². The molecule has 29 heavy (non-hydrogen) atoms. The number of pyridine rings is 1. The van der Waals surface area contributed by atoms with Gasteiger partial charge in [-0.15, -0.1) is 0 Å². The van der Waals surface area contributed by atoms with E-state index in [2.05, 4.69) is 15.0 Å². The van der Waals surface area contributed by atoms with Gasteiger partial charge in [-0.2, -0.15) is 0 Å². The van der Waals surface area contributed by atoms with Gasteiger partial charge >= 0.3 is 0 Å². The summed E-state index contributed by atoms with van der Waals surface area (Å²) in [4.78, 5) is 15.8. The van der Waals surface area contributed by atoms with Gasteiger partial charge in [-0.3, -0.25) is 4.98 Å². The van der Waals surface area contributed by atoms with Crippen LogP contribution in [0.5, 0.6) is 0 Å². The smallest absolute Gasteiger partial charge is 0.229 e. The average Bonchev–Trinajstić information content (AvgIpc) is 3.10. The van der Waals surface area contributed by atoms with Crippen LogP contribution in [0.4, 0.5) is 11.6 Å². The molecule has 7 nitrogen and oxygen atoms in total. The zero-order valence-corrected chi connectivity index (χ0v) is 16.8. The number of ether oxygens (including phenoxy) is 1.